The molecule has 2 aromatic carbocycles. The summed E-state index contributed by atoms with van der Waals surface area (Å²) in [4.78, 5) is 28.2. The van der Waals surface area contributed by atoms with Crippen LogP contribution in [-0.2, 0) is 19.3 Å². The lowest BCUT2D eigenvalue weighted by Crippen LogP contribution is -2.37. The van der Waals surface area contributed by atoms with Crippen molar-refractivity contribution in [3.63, 3.8) is 0 Å². The summed E-state index contributed by atoms with van der Waals surface area (Å²) in [6.07, 6.45) is 3.31. The third-order valence-corrected chi connectivity index (χ3v) is 9.58. The van der Waals surface area contributed by atoms with Crippen LogP contribution in [0.2, 0.25) is 0 Å². The predicted molar refractivity (Wildman–Crippen MR) is 149 cm³/mol. The number of pyridine rings is 1. The van der Waals surface area contributed by atoms with Crippen molar-refractivity contribution in [1.29, 1.82) is 0 Å². The quantitative estimate of drug-likeness (QED) is 0.351. The van der Waals surface area contributed by atoms with Gasteiger partial charge in [-0.3, -0.25) is 10.3 Å². The fraction of sp³-hybridized carbons (Fsp3) is 0.241. The highest BCUT2D eigenvalue weighted by molar-refractivity contribution is 7.92. The number of nitrogens with one attached hydrogen (secondary N) is 1. The number of rotatable bonds is 7. The van der Waals surface area contributed by atoms with Crippen molar-refractivity contribution in [3.05, 3.63) is 90.9 Å². The third kappa shape index (κ3) is 5.13. The molecule has 0 radical (unpaired) electrons. The van der Waals surface area contributed by atoms with Gasteiger partial charge in [0, 0.05) is 42.8 Å². The molecule has 0 unspecified atom stereocenters. The van der Waals surface area contributed by atoms with E-state index in [1.807, 2.05) is 6.07 Å². The number of nitrogens with zero attached hydrogens (tertiary/aromatic N) is 4. The first-order valence-electron chi connectivity index (χ1n) is 13.0. The van der Waals surface area contributed by atoms with Gasteiger partial charge in [0.05, 0.1) is 23.8 Å². The Bertz CT molecular complexity index is 1610. The van der Waals surface area contributed by atoms with Crippen molar-refractivity contribution < 1.29 is 22.7 Å². The Labute approximate surface area is 231 Å². The van der Waals surface area contributed by atoms with Gasteiger partial charge in [-0.25, -0.2) is 23.2 Å². The third-order valence-electron chi connectivity index (χ3n) is 7.04. The summed E-state index contributed by atoms with van der Waals surface area (Å²) in [6, 6.07) is 20.7. The molecule has 1 amide bonds. The Kier molecular flexibility index (Phi) is 6.91. The second kappa shape index (κ2) is 10.7. The molecule has 0 spiro atoms. The van der Waals surface area contributed by atoms with E-state index in [2.05, 4.69) is 15.2 Å². The minimum Gasteiger partial charge on any atom is -0.410 e. The number of morpholine rings is 1. The molecule has 204 valence electrons. The summed E-state index contributed by atoms with van der Waals surface area (Å²) >= 11 is 0. The van der Waals surface area contributed by atoms with E-state index in [9.17, 15) is 13.2 Å². The molecule has 10 nitrogen and oxygen atoms in total. The molecule has 40 heavy (non-hydrogen) atoms. The van der Waals surface area contributed by atoms with E-state index in [-0.39, 0.29) is 4.90 Å². The van der Waals surface area contributed by atoms with Crippen molar-refractivity contribution in [3.8, 4) is 17.1 Å². The van der Waals surface area contributed by atoms with Crippen LogP contribution in [0.25, 0.3) is 11.4 Å². The molecule has 0 atom stereocenters. The number of aromatic nitrogens is 3. The average molecular weight is 558 g/mol. The van der Waals surface area contributed by atoms with E-state index in [4.69, 9.17) is 19.4 Å². The van der Waals surface area contributed by atoms with E-state index in [1.165, 1.54) is 24.5 Å². The largest absolute Gasteiger partial charge is 0.417 e. The molecular formula is C29H27N5O5S. The van der Waals surface area contributed by atoms with Crippen LogP contribution in [0.15, 0.2) is 90.1 Å². The van der Waals surface area contributed by atoms with Crippen LogP contribution in [0.1, 0.15) is 18.5 Å². The van der Waals surface area contributed by atoms with Crippen molar-refractivity contribution >= 4 is 27.4 Å². The van der Waals surface area contributed by atoms with Gasteiger partial charge in [-0.05, 0) is 61.4 Å². The zero-order valence-corrected chi connectivity index (χ0v) is 22.4. The number of hydrogen-bond acceptors (Lipinski definition) is 9. The SMILES string of the molecule is O=C(Nc1ccc(-c2nc(N3CCOCC3)cc(C3(S(=O)(=O)c4ccncc4)CC3)n2)cc1)Oc1ccccc1. The Balaban J connectivity index is 1.31. The Morgan fingerprint density at radius 2 is 1.62 bits per heavy atom. The van der Waals surface area contributed by atoms with Gasteiger partial charge in [0.15, 0.2) is 15.7 Å². The maximum Gasteiger partial charge on any atom is 0.417 e. The second-order valence-electron chi connectivity index (χ2n) is 9.62. The summed E-state index contributed by atoms with van der Waals surface area (Å²) in [5.74, 6) is 1.51. The molecule has 11 heteroatoms. The molecular weight excluding hydrogens is 530 g/mol. The van der Waals surface area contributed by atoms with E-state index < -0.39 is 20.7 Å². The molecule has 1 saturated heterocycles. The van der Waals surface area contributed by atoms with Gasteiger partial charge in [0.25, 0.3) is 0 Å². The molecule has 4 aromatic rings. The van der Waals surface area contributed by atoms with Gasteiger partial charge in [-0.2, -0.15) is 0 Å². The van der Waals surface area contributed by atoms with Crippen LogP contribution in [0, 0.1) is 0 Å². The van der Waals surface area contributed by atoms with E-state index in [0.717, 1.165) is 0 Å². The Morgan fingerprint density at radius 3 is 2.30 bits per heavy atom. The number of carbonyl (C=O) groups is 1. The number of para-hydroxylation sites is 1. The smallest absolute Gasteiger partial charge is 0.410 e. The summed E-state index contributed by atoms with van der Waals surface area (Å²) in [6.45, 7) is 2.42. The molecule has 1 aliphatic heterocycles. The predicted octanol–water partition coefficient (Wildman–Crippen LogP) is 4.45. The minimum atomic E-state index is -3.71. The van der Waals surface area contributed by atoms with E-state index in [0.29, 0.717) is 73.5 Å². The number of benzene rings is 2. The van der Waals surface area contributed by atoms with Gasteiger partial charge in [-0.15, -0.1) is 0 Å². The summed E-state index contributed by atoms with van der Waals surface area (Å²) in [5.41, 5.74) is 1.70. The van der Waals surface area contributed by atoms with Crippen molar-refractivity contribution in [2.24, 2.45) is 0 Å². The lowest BCUT2D eigenvalue weighted by molar-refractivity contribution is 0.122. The van der Waals surface area contributed by atoms with Crippen LogP contribution in [0.5, 0.6) is 5.75 Å². The second-order valence-corrected chi connectivity index (χ2v) is 11.9. The van der Waals surface area contributed by atoms with Crippen LogP contribution in [0.3, 0.4) is 0 Å². The zero-order chi connectivity index (χ0) is 27.6. The lowest BCUT2D eigenvalue weighted by Gasteiger charge is -2.29. The zero-order valence-electron chi connectivity index (χ0n) is 21.6. The standard InChI is InChI=1S/C29H27N5O5S/c35-28(39-23-4-2-1-3-5-23)31-22-8-6-21(7-9-22)27-32-25(20-26(33-27)34-16-18-38-19-17-34)29(12-13-29)40(36,37)24-10-14-30-15-11-24/h1-11,14-15,20H,12-13,16-19H2,(H,31,35). The molecule has 2 fully saturated rings. The van der Waals surface area contributed by atoms with E-state index >= 15 is 0 Å². The van der Waals surface area contributed by atoms with Crippen LogP contribution in [0.4, 0.5) is 16.3 Å². The fourth-order valence-corrected chi connectivity index (χ4v) is 6.66. The number of ether oxygens (including phenoxy) is 2. The van der Waals surface area contributed by atoms with Crippen LogP contribution in [-0.4, -0.2) is 55.8 Å². The maximum absolute atomic E-state index is 13.8. The summed E-state index contributed by atoms with van der Waals surface area (Å²) in [5, 5.41) is 2.71. The van der Waals surface area contributed by atoms with Crippen LogP contribution < -0.4 is 15.0 Å². The Hall–Kier alpha value is -4.35. The minimum absolute atomic E-state index is 0.228. The Morgan fingerprint density at radius 1 is 0.925 bits per heavy atom. The van der Waals surface area contributed by atoms with Gasteiger partial charge in [0.1, 0.15) is 16.3 Å². The average Bonchev–Trinajstić information content (AvgIpc) is 3.82. The first kappa shape index (κ1) is 25.9. The van der Waals surface area contributed by atoms with Gasteiger partial charge < -0.3 is 14.4 Å². The van der Waals surface area contributed by atoms with Gasteiger partial charge >= 0.3 is 6.09 Å². The lowest BCUT2D eigenvalue weighted by atomic mass is 10.1. The highest BCUT2D eigenvalue weighted by atomic mass is 32.2. The molecule has 2 aliphatic rings. The monoisotopic (exact) mass is 557 g/mol. The van der Waals surface area contributed by atoms with Gasteiger partial charge in [-0.1, -0.05) is 18.2 Å². The first-order chi connectivity index (χ1) is 19.4. The molecule has 6 rings (SSSR count). The fourth-order valence-electron chi connectivity index (χ4n) is 4.71. The van der Waals surface area contributed by atoms with Gasteiger partial charge in [0.2, 0.25) is 0 Å². The number of amides is 1. The molecule has 0 bridgehead atoms. The summed E-state index contributed by atoms with van der Waals surface area (Å²) < 4.78 is 37.2. The number of sulfone groups is 1. The number of carbonyl (C=O) groups excluding carboxylic acids is 1. The summed E-state index contributed by atoms with van der Waals surface area (Å²) in [7, 11) is -3.71. The maximum atomic E-state index is 13.8. The first-order valence-corrected chi connectivity index (χ1v) is 14.4. The topological polar surface area (TPSA) is 124 Å². The molecule has 3 heterocycles. The van der Waals surface area contributed by atoms with Crippen LogP contribution >= 0.6 is 0 Å². The highest BCUT2D eigenvalue weighted by Crippen LogP contribution is 2.55. The molecule has 1 N–H and O–H groups in total. The number of anilines is 2. The molecule has 1 saturated carbocycles. The van der Waals surface area contributed by atoms with Crippen molar-refractivity contribution in [1.82, 2.24) is 15.0 Å². The molecule has 1 aliphatic carbocycles. The van der Waals surface area contributed by atoms with Crippen molar-refractivity contribution in [2.45, 2.75) is 22.5 Å². The van der Waals surface area contributed by atoms with E-state index in [1.54, 1.807) is 54.6 Å². The van der Waals surface area contributed by atoms with Crippen molar-refractivity contribution in [2.75, 3.05) is 36.5 Å². The number of hydrogen-bond donors (Lipinski definition) is 1. The molecule has 2 aromatic heterocycles. The normalized spacial score (nSPS) is 16.2. The highest BCUT2D eigenvalue weighted by Gasteiger charge is 2.58.